The van der Waals surface area contributed by atoms with Crippen LogP contribution in [0.2, 0.25) is 0 Å². The number of hydrogen-bond donors (Lipinski definition) is 1. The van der Waals surface area contributed by atoms with Crippen LogP contribution < -0.4 is 10.1 Å². The zero-order valence-electron chi connectivity index (χ0n) is 16.1. The Morgan fingerprint density at radius 1 is 1.33 bits per heavy atom. The van der Waals surface area contributed by atoms with Crippen LogP contribution in [0, 0.1) is 5.92 Å². The predicted octanol–water partition coefficient (Wildman–Crippen LogP) is 2.91. The van der Waals surface area contributed by atoms with Gasteiger partial charge in [-0.25, -0.2) is 4.68 Å². The number of carbonyl (C=O) groups excluding carboxylic acids is 1. The van der Waals surface area contributed by atoms with Crippen molar-refractivity contribution in [3.05, 3.63) is 29.8 Å². The lowest BCUT2D eigenvalue weighted by Crippen LogP contribution is -2.44. The summed E-state index contributed by atoms with van der Waals surface area (Å²) in [4.78, 5) is 12.6. The number of benzene rings is 1. The number of tetrazole rings is 1. The molecule has 0 saturated heterocycles. The molecular weight excluding hydrogens is 362 g/mol. The predicted molar refractivity (Wildman–Crippen MR) is 105 cm³/mol. The van der Waals surface area contributed by atoms with Gasteiger partial charge < -0.3 is 10.1 Å². The molecule has 1 amide bonds. The van der Waals surface area contributed by atoms with Gasteiger partial charge in [0.25, 0.3) is 0 Å². The summed E-state index contributed by atoms with van der Waals surface area (Å²) in [6.45, 7) is 4.67. The molecule has 1 fully saturated rings. The van der Waals surface area contributed by atoms with E-state index in [1.54, 1.807) is 11.8 Å². The number of rotatable bonds is 7. The molecule has 1 saturated carbocycles. The van der Waals surface area contributed by atoms with Crippen LogP contribution in [-0.4, -0.2) is 44.5 Å². The highest BCUT2D eigenvalue weighted by Gasteiger charge is 2.26. The van der Waals surface area contributed by atoms with Crippen molar-refractivity contribution in [1.29, 1.82) is 0 Å². The van der Waals surface area contributed by atoms with Gasteiger partial charge in [0.2, 0.25) is 11.1 Å². The van der Waals surface area contributed by atoms with Crippen molar-refractivity contribution >= 4 is 17.7 Å². The minimum Gasteiger partial charge on any atom is -0.497 e. The normalized spacial score (nSPS) is 20.9. The van der Waals surface area contributed by atoms with Gasteiger partial charge in [-0.2, -0.15) is 0 Å². The Hall–Kier alpha value is -2.09. The summed E-state index contributed by atoms with van der Waals surface area (Å²) in [6.07, 6.45) is 4.71. The molecular formula is C19H27N5O2S. The zero-order chi connectivity index (χ0) is 19.2. The quantitative estimate of drug-likeness (QED) is 0.733. The second-order valence-electron chi connectivity index (χ2n) is 7.10. The van der Waals surface area contributed by atoms with Crippen LogP contribution in [0.5, 0.6) is 5.75 Å². The van der Waals surface area contributed by atoms with Gasteiger partial charge in [-0.15, -0.1) is 5.10 Å². The Kier molecular flexibility index (Phi) is 6.71. The van der Waals surface area contributed by atoms with Gasteiger partial charge in [-0.1, -0.05) is 43.7 Å². The standard InChI is InChI=1S/C19H27N5O2S/c1-13-6-4-5-7-17(13)20-18(25)14(2)27-19-21-22-23-24(19)12-15-8-10-16(26-3)11-9-15/h8-11,13-14,17H,4-7,12H2,1-3H3,(H,20,25). The van der Waals surface area contributed by atoms with E-state index in [0.717, 1.165) is 17.7 Å². The van der Waals surface area contributed by atoms with Crippen molar-refractivity contribution < 1.29 is 9.53 Å². The summed E-state index contributed by atoms with van der Waals surface area (Å²) in [6, 6.07) is 8.07. The van der Waals surface area contributed by atoms with Crippen molar-refractivity contribution in [2.24, 2.45) is 5.92 Å². The summed E-state index contributed by atoms with van der Waals surface area (Å²) in [7, 11) is 1.64. The van der Waals surface area contributed by atoms with E-state index < -0.39 is 0 Å². The van der Waals surface area contributed by atoms with Gasteiger partial charge in [-0.3, -0.25) is 4.79 Å². The van der Waals surface area contributed by atoms with Gasteiger partial charge in [0, 0.05) is 6.04 Å². The topological polar surface area (TPSA) is 81.9 Å². The first-order valence-corrected chi connectivity index (χ1v) is 10.3. The highest BCUT2D eigenvalue weighted by Crippen LogP contribution is 2.26. The van der Waals surface area contributed by atoms with Gasteiger partial charge in [0.1, 0.15) is 5.75 Å². The number of carbonyl (C=O) groups is 1. The molecule has 7 nitrogen and oxygen atoms in total. The van der Waals surface area contributed by atoms with Crippen molar-refractivity contribution in [2.75, 3.05) is 7.11 Å². The van der Waals surface area contributed by atoms with Crippen LogP contribution in [0.4, 0.5) is 0 Å². The lowest BCUT2D eigenvalue weighted by Gasteiger charge is -2.30. The van der Waals surface area contributed by atoms with E-state index in [4.69, 9.17) is 4.74 Å². The largest absolute Gasteiger partial charge is 0.497 e. The number of nitrogens with zero attached hydrogens (tertiary/aromatic N) is 4. The molecule has 3 atom stereocenters. The molecule has 0 aliphatic heterocycles. The number of hydrogen-bond acceptors (Lipinski definition) is 6. The molecule has 0 radical (unpaired) electrons. The maximum atomic E-state index is 12.6. The van der Waals surface area contributed by atoms with Gasteiger partial charge >= 0.3 is 0 Å². The van der Waals surface area contributed by atoms with Crippen LogP contribution >= 0.6 is 11.8 Å². The number of aromatic nitrogens is 4. The first kappa shape index (κ1) is 19.7. The third-order valence-corrected chi connectivity index (χ3v) is 6.15. The van der Waals surface area contributed by atoms with Crippen molar-refractivity contribution in [2.45, 2.75) is 62.5 Å². The lowest BCUT2D eigenvalue weighted by atomic mass is 9.86. The van der Waals surface area contributed by atoms with Crippen LogP contribution in [0.15, 0.2) is 29.4 Å². The Morgan fingerprint density at radius 3 is 2.78 bits per heavy atom. The van der Waals surface area contributed by atoms with E-state index in [9.17, 15) is 4.79 Å². The maximum Gasteiger partial charge on any atom is 0.233 e. The summed E-state index contributed by atoms with van der Waals surface area (Å²) in [5, 5.41) is 15.5. The Bertz CT molecular complexity index is 749. The second kappa shape index (κ2) is 9.21. The number of amides is 1. The van der Waals surface area contributed by atoms with E-state index in [0.29, 0.717) is 17.6 Å². The van der Waals surface area contributed by atoms with Crippen molar-refractivity contribution in [1.82, 2.24) is 25.5 Å². The minimum absolute atomic E-state index is 0.0535. The van der Waals surface area contributed by atoms with Gasteiger partial charge in [-0.05, 0) is 53.8 Å². The Morgan fingerprint density at radius 2 is 2.07 bits per heavy atom. The third-order valence-electron chi connectivity index (χ3n) is 5.08. The molecule has 146 valence electrons. The Balaban J connectivity index is 1.58. The van der Waals surface area contributed by atoms with Crippen LogP contribution in [0.3, 0.4) is 0 Å². The summed E-state index contributed by atoms with van der Waals surface area (Å²) in [5.74, 6) is 1.41. The monoisotopic (exact) mass is 389 g/mol. The van der Waals surface area contributed by atoms with Crippen LogP contribution in [0.25, 0.3) is 0 Å². The maximum absolute atomic E-state index is 12.6. The van der Waals surface area contributed by atoms with Gasteiger partial charge in [0.15, 0.2) is 0 Å². The third kappa shape index (κ3) is 5.22. The van der Waals surface area contributed by atoms with Crippen molar-refractivity contribution in [3.8, 4) is 5.75 Å². The van der Waals surface area contributed by atoms with Crippen molar-refractivity contribution in [3.63, 3.8) is 0 Å². The molecule has 2 aromatic rings. The molecule has 3 rings (SSSR count). The van der Waals surface area contributed by atoms with Crippen LogP contribution in [-0.2, 0) is 11.3 Å². The average Bonchev–Trinajstić information content (AvgIpc) is 3.10. The smallest absolute Gasteiger partial charge is 0.233 e. The average molecular weight is 390 g/mol. The fraction of sp³-hybridized carbons (Fsp3) is 0.579. The first-order chi connectivity index (χ1) is 13.1. The zero-order valence-corrected chi connectivity index (χ0v) is 16.9. The van der Waals surface area contributed by atoms with Crippen LogP contribution in [0.1, 0.15) is 45.1 Å². The molecule has 3 unspecified atom stereocenters. The molecule has 1 N–H and O–H groups in total. The van der Waals surface area contributed by atoms with E-state index >= 15 is 0 Å². The highest BCUT2D eigenvalue weighted by atomic mass is 32.2. The summed E-state index contributed by atoms with van der Waals surface area (Å²) < 4.78 is 6.90. The Labute approximate surface area is 164 Å². The first-order valence-electron chi connectivity index (χ1n) is 9.43. The number of nitrogens with one attached hydrogen (secondary N) is 1. The molecule has 1 heterocycles. The summed E-state index contributed by atoms with van der Waals surface area (Å²) in [5.41, 5.74) is 1.07. The molecule has 1 aromatic heterocycles. The van der Waals surface area contributed by atoms with E-state index in [2.05, 4.69) is 27.8 Å². The highest BCUT2D eigenvalue weighted by molar-refractivity contribution is 8.00. The molecule has 1 aliphatic carbocycles. The fourth-order valence-electron chi connectivity index (χ4n) is 3.33. The number of thioether (sulfide) groups is 1. The molecule has 27 heavy (non-hydrogen) atoms. The molecule has 1 aromatic carbocycles. The molecule has 8 heteroatoms. The van der Waals surface area contributed by atoms with E-state index in [1.807, 2.05) is 31.2 Å². The fourth-order valence-corrected chi connectivity index (χ4v) is 4.12. The summed E-state index contributed by atoms with van der Waals surface area (Å²) >= 11 is 1.39. The second-order valence-corrected chi connectivity index (χ2v) is 8.41. The number of ether oxygens (including phenoxy) is 1. The minimum atomic E-state index is -0.250. The van der Waals surface area contributed by atoms with E-state index in [1.165, 1.54) is 31.0 Å². The number of methoxy groups -OCH3 is 1. The van der Waals surface area contributed by atoms with Gasteiger partial charge in [0.05, 0.1) is 18.9 Å². The molecule has 0 bridgehead atoms. The lowest BCUT2D eigenvalue weighted by molar-refractivity contribution is -0.121. The SMILES string of the molecule is COc1ccc(Cn2nnnc2SC(C)C(=O)NC2CCCCC2C)cc1. The molecule has 1 aliphatic rings. The molecule has 0 spiro atoms. The van der Waals surface area contributed by atoms with E-state index in [-0.39, 0.29) is 17.2 Å².